The quantitative estimate of drug-likeness (QED) is 0.612. The van der Waals surface area contributed by atoms with Crippen molar-refractivity contribution in [2.24, 2.45) is 0 Å². The topological polar surface area (TPSA) is 52.0 Å². The average molecular weight is 158 g/mol. The summed E-state index contributed by atoms with van der Waals surface area (Å²) in [5.74, 6) is 0. The molecule has 0 saturated carbocycles. The molecule has 0 fully saturated rings. The second-order valence-corrected chi connectivity index (χ2v) is 2.19. The standard InChI is InChI=1S/C7H8F2N2/c8-7(9)4-1-2-5(10)6(11)3-4/h1-3,7H,10-11H2. The highest BCUT2D eigenvalue weighted by Crippen LogP contribution is 2.23. The molecule has 0 aliphatic carbocycles. The predicted molar refractivity (Wildman–Crippen MR) is 40.2 cm³/mol. The zero-order valence-corrected chi connectivity index (χ0v) is 5.72. The van der Waals surface area contributed by atoms with Crippen molar-refractivity contribution in [1.82, 2.24) is 0 Å². The van der Waals surface area contributed by atoms with Gasteiger partial charge in [0.05, 0.1) is 11.4 Å². The van der Waals surface area contributed by atoms with Crippen molar-refractivity contribution in [3.8, 4) is 0 Å². The molecule has 0 spiro atoms. The zero-order chi connectivity index (χ0) is 8.43. The first-order valence-corrected chi connectivity index (χ1v) is 3.04. The van der Waals surface area contributed by atoms with Gasteiger partial charge < -0.3 is 11.5 Å². The molecule has 2 nitrogen and oxygen atoms in total. The maximum Gasteiger partial charge on any atom is 0.263 e. The van der Waals surface area contributed by atoms with Gasteiger partial charge in [0.2, 0.25) is 0 Å². The van der Waals surface area contributed by atoms with Crippen LogP contribution < -0.4 is 11.5 Å². The number of anilines is 2. The average Bonchev–Trinajstić information content (AvgIpc) is 1.94. The number of halogens is 2. The van der Waals surface area contributed by atoms with Gasteiger partial charge in [0.15, 0.2) is 0 Å². The molecule has 11 heavy (non-hydrogen) atoms. The Bertz CT molecular complexity index is 261. The third-order valence-electron chi connectivity index (χ3n) is 1.36. The number of nitrogens with two attached hydrogens (primary N) is 2. The van der Waals surface area contributed by atoms with Crippen molar-refractivity contribution in [3.05, 3.63) is 23.8 Å². The molecule has 0 atom stereocenters. The van der Waals surface area contributed by atoms with Crippen LogP contribution in [0.2, 0.25) is 0 Å². The lowest BCUT2D eigenvalue weighted by Crippen LogP contribution is -1.95. The van der Waals surface area contributed by atoms with E-state index in [9.17, 15) is 8.78 Å². The lowest BCUT2D eigenvalue weighted by Gasteiger charge is -2.02. The minimum atomic E-state index is -2.49. The summed E-state index contributed by atoms with van der Waals surface area (Å²) in [7, 11) is 0. The highest BCUT2D eigenvalue weighted by molar-refractivity contribution is 5.63. The van der Waals surface area contributed by atoms with Crippen molar-refractivity contribution in [2.75, 3.05) is 11.5 Å². The fourth-order valence-corrected chi connectivity index (χ4v) is 0.729. The molecule has 0 aliphatic heterocycles. The first kappa shape index (κ1) is 7.78. The summed E-state index contributed by atoms with van der Waals surface area (Å²) in [6, 6.07) is 3.81. The summed E-state index contributed by atoms with van der Waals surface area (Å²) in [5.41, 5.74) is 11.0. The van der Waals surface area contributed by atoms with Gasteiger partial charge in [-0.05, 0) is 12.1 Å². The van der Waals surface area contributed by atoms with E-state index in [-0.39, 0.29) is 11.3 Å². The number of alkyl halides is 2. The molecule has 0 unspecified atom stereocenters. The highest BCUT2D eigenvalue weighted by Gasteiger charge is 2.07. The van der Waals surface area contributed by atoms with Gasteiger partial charge in [-0.1, -0.05) is 6.07 Å². The molecule has 4 heteroatoms. The van der Waals surface area contributed by atoms with E-state index in [1.165, 1.54) is 18.2 Å². The molecule has 1 aromatic rings. The third-order valence-corrected chi connectivity index (χ3v) is 1.36. The number of hydrogen-bond donors (Lipinski definition) is 2. The van der Waals surface area contributed by atoms with Crippen molar-refractivity contribution >= 4 is 11.4 Å². The van der Waals surface area contributed by atoms with Crippen molar-refractivity contribution in [2.45, 2.75) is 6.43 Å². The van der Waals surface area contributed by atoms with Gasteiger partial charge in [0, 0.05) is 5.56 Å². The largest absolute Gasteiger partial charge is 0.397 e. The van der Waals surface area contributed by atoms with E-state index in [0.29, 0.717) is 5.69 Å². The lowest BCUT2D eigenvalue weighted by molar-refractivity contribution is 0.151. The molecule has 1 rings (SSSR count). The van der Waals surface area contributed by atoms with Crippen molar-refractivity contribution in [1.29, 1.82) is 0 Å². The summed E-state index contributed by atoms with van der Waals surface area (Å²) in [6.45, 7) is 0. The maximum atomic E-state index is 12.0. The minimum absolute atomic E-state index is 0.100. The minimum Gasteiger partial charge on any atom is -0.397 e. The van der Waals surface area contributed by atoms with E-state index < -0.39 is 6.43 Å². The van der Waals surface area contributed by atoms with E-state index in [1.807, 2.05) is 0 Å². The smallest absolute Gasteiger partial charge is 0.263 e. The Labute approximate surface area is 62.8 Å². The third kappa shape index (κ3) is 1.58. The molecule has 0 bridgehead atoms. The second kappa shape index (κ2) is 2.74. The maximum absolute atomic E-state index is 12.0. The molecule has 1 aromatic carbocycles. The van der Waals surface area contributed by atoms with Crippen LogP contribution in [-0.2, 0) is 0 Å². The summed E-state index contributed by atoms with van der Waals surface area (Å²) in [6.07, 6.45) is -2.49. The molecule has 0 saturated heterocycles. The Kier molecular flexibility index (Phi) is 1.94. The number of benzene rings is 1. The molecule has 0 heterocycles. The van der Waals surface area contributed by atoms with E-state index in [1.54, 1.807) is 0 Å². The fourth-order valence-electron chi connectivity index (χ4n) is 0.729. The summed E-state index contributed by atoms with van der Waals surface area (Å²) < 4.78 is 24.0. The Hall–Kier alpha value is -1.32. The number of nitrogen functional groups attached to an aromatic ring is 2. The van der Waals surface area contributed by atoms with Crippen LogP contribution in [0.25, 0.3) is 0 Å². The van der Waals surface area contributed by atoms with Crippen LogP contribution in [-0.4, -0.2) is 0 Å². The number of hydrogen-bond acceptors (Lipinski definition) is 2. The molecule has 0 radical (unpaired) electrons. The van der Waals surface area contributed by atoms with Gasteiger partial charge >= 0.3 is 0 Å². The van der Waals surface area contributed by atoms with Crippen LogP contribution in [0.15, 0.2) is 18.2 Å². The van der Waals surface area contributed by atoms with Gasteiger partial charge in [-0.2, -0.15) is 0 Å². The van der Waals surface area contributed by atoms with Gasteiger partial charge in [0.1, 0.15) is 0 Å². The summed E-state index contributed by atoms with van der Waals surface area (Å²) >= 11 is 0. The van der Waals surface area contributed by atoms with E-state index in [4.69, 9.17) is 11.5 Å². The van der Waals surface area contributed by atoms with Crippen LogP contribution >= 0.6 is 0 Å². The van der Waals surface area contributed by atoms with E-state index in [2.05, 4.69) is 0 Å². The Morgan fingerprint density at radius 3 is 2.18 bits per heavy atom. The molecule has 0 amide bonds. The molecule has 0 aliphatic rings. The second-order valence-electron chi connectivity index (χ2n) is 2.19. The van der Waals surface area contributed by atoms with E-state index in [0.717, 1.165) is 0 Å². The Morgan fingerprint density at radius 1 is 1.09 bits per heavy atom. The van der Waals surface area contributed by atoms with Crippen LogP contribution in [0.5, 0.6) is 0 Å². The van der Waals surface area contributed by atoms with Gasteiger partial charge in [-0.3, -0.25) is 0 Å². The molecular weight excluding hydrogens is 150 g/mol. The summed E-state index contributed by atoms with van der Waals surface area (Å²) in [5, 5.41) is 0. The molecule has 4 N–H and O–H groups in total. The highest BCUT2D eigenvalue weighted by atomic mass is 19.3. The Morgan fingerprint density at radius 2 is 1.73 bits per heavy atom. The van der Waals surface area contributed by atoms with E-state index >= 15 is 0 Å². The fraction of sp³-hybridized carbons (Fsp3) is 0.143. The molecule has 60 valence electrons. The van der Waals surface area contributed by atoms with Crippen molar-refractivity contribution in [3.63, 3.8) is 0 Å². The first-order valence-electron chi connectivity index (χ1n) is 3.04. The van der Waals surface area contributed by atoms with Crippen LogP contribution in [0.4, 0.5) is 20.2 Å². The van der Waals surface area contributed by atoms with Gasteiger partial charge in [-0.25, -0.2) is 8.78 Å². The SMILES string of the molecule is Nc1ccc(C(F)F)cc1N. The normalized spacial score (nSPS) is 10.5. The summed E-state index contributed by atoms with van der Waals surface area (Å²) in [4.78, 5) is 0. The van der Waals surface area contributed by atoms with Gasteiger partial charge in [-0.15, -0.1) is 0 Å². The predicted octanol–water partition coefficient (Wildman–Crippen LogP) is 1.79. The van der Waals surface area contributed by atoms with Gasteiger partial charge in [0.25, 0.3) is 6.43 Å². The lowest BCUT2D eigenvalue weighted by atomic mass is 10.2. The number of rotatable bonds is 1. The zero-order valence-electron chi connectivity index (χ0n) is 5.72. The monoisotopic (exact) mass is 158 g/mol. The first-order chi connectivity index (χ1) is 5.11. The molecular formula is C7H8F2N2. The van der Waals surface area contributed by atoms with Crippen LogP contribution in [0.3, 0.4) is 0 Å². The molecule has 0 aromatic heterocycles. The Balaban J connectivity index is 3.05. The van der Waals surface area contributed by atoms with Crippen molar-refractivity contribution < 1.29 is 8.78 Å². The van der Waals surface area contributed by atoms with Crippen LogP contribution in [0, 0.1) is 0 Å². The van der Waals surface area contributed by atoms with Crippen LogP contribution in [0.1, 0.15) is 12.0 Å².